The van der Waals surface area contributed by atoms with E-state index in [4.69, 9.17) is 11.5 Å². The van der Waals surface area contributed by atoms with Gasteiger partial charge in [0.2, 0.25) is 5.78 Å². The first-order chi connectivity index (χ1) is 7.68. The number of carbonyl (C=O) groups excluding carboxylic acids is 1. The molecule has 78 valence electrons. The average molecular weight is 210 g/mol. The highest BCUT2D eigenvalue weighted by atomic mass is 16.1. The summed E-state index contributed by atoms with van der Waals surface area (Å²) in [6.07, 6.45) is 1.71. The Labute approximate surface area is 92.4 Å². The zero-order chi connectivity index (χ0) is 11.3. The molecule has 3 rings (SSSR count). The molecule has 16 heavy (non-hydrogen) atoms. The van der Waals surface area contributed by atoms with Crippen LogP contribution in [0, 0.1) is 0 Å². The number of ketones is 1. The van der Waals surface area contributed by atoms with Crippen LogP contribution in [0.2, 0.25) is 0 Å². The molecule has 3 nitrogen and oxygen atoms in total. The van der Waals surface area contributed by atoms with Gasteiger partial charge in [-0.05, 0) is 17.7 Å². The van der Waals surface area contributed by atoms with Crippen LogP contribution in [0.3, 0.4) is 0 Å². The first kappa shape index (κ1) is 8.97. The van der Waals surface area contributed by atoms with Crippen LogP contribution in [0.4, 0.5) is 5.69 Å². The highest BCUT2D eigenvalue weighted by Crippen LogP contribution is 2.32. The van der Waals surface area contributed by atoms with E-state index in [1.165, 1.54) is 0 Å². The SMILES string of the molecule is NC1=Cc2ccc(N)c3cccc(c23)C1=O. The van der Waals surface area contributed by atoms with E-state index in [1.807, 2.05) is 24.3 Å². The fourth-order valence-electron chi connectivity index (χ4n) is 2.15. The molecule has 0 atom stereocenters. The van der Waals surface area contributed by atoms with E-state index in [9.17, 15) is 4.79 Å². The molecule has 0 fully saturated rings. The van der Waals surface area contributed by atoms with Crippen LogP contribution in [0.5, 0.6) is 0 Å². The molecule has 1 aliphatic rings. The monoisotopic (exact) mass is 210 g/mol. The van der Waals surface area contributed by atoms with Gasteiger partial charge in [-0.15, -0.1) is 0 Å². The van der Waals surface area contributed by atoms with Crippen LogP contribution >= 0.6 is 0 Å². The first-order valence-corrected chi connectivity index (χ1v) is 5.01. The molecule has 1 aliphatic carbocycles. The fraction of sp³-hybridized carbons (Fsp3) is 0. The topological polar surface area (TPSA) is 69.1 Å². The van der Waals surface area contributed by atoms with Crippen LogP contribution in [0.25, 0.3) is 16.8 Å². The summed E-state index contributed by atoms with van der Waals surface area (Å²) >= 11 is 0. The maximum absolute atomic E-state index is 11.9. The zero-order valence-electron chi connectivity index (χ0n) is 8.53. The smallest absolute Gasteiger partial charge is 0.209 e. The van der Waals surface area contributed by atoms with Crippen LogP contribution in [0.1, 0.15) is 15.9 Å². The Kier molecular flexibility index (Phi) is 1.60. The van der Waals surface area contributed by atoms with E-state index >= 15 is 0 Å². The predicted octanol–water partition coefficient (Wildman–Crippen LogP) is 1.92. The van der Waals surface area contributed by atoms with Crippen molar-refractivity contribution in [2.24, 2.45) is 5.73 Å². The molecular weight excluding hydrogens is 200 g/mol. The van der Waals surface area contributed by atoms with Gasteiger partial charge >= 0.3 is 0 Å². The minimum Gasteiger partial charge on any atom is -0.398 e. The third-order valence-corrected chi connectivity index (χ3v) is 2.92. The zero-order valence-corrected chi connectivity index (χ0v) is 8.53. The summed E-state index contributed by atoms with van der Waals surface area (Å²) in [7, 11) is 0. The minimum absolute atomic E-state index is 0.122. The van der Waals surface area contributed by atoms with Crippen molar-refractivity contribution in [1.29, 1.82) is 0 Å². The van der Waals surface area contributed by atoms with Crippen molar-refractivity contribution >= 4 is 28.3 Å². The highest BCUT2D eigenvalue weighted by Gasteiger charge is 2.20. The first-order valence-electron chi connectivity index (χ1n) is 5.01. The van der Waals surface area contributed by atoms with E-state index in [1.54, 1.807) is 12.1 Å². The van der Waals surface area contributed by atoms with E-state index in [0.29, 0.717) is 11.3 Å². The molecule has 0 heterocycles. The van der Waals surface area contributed by atoms with Crippen LogP contribution in [-0.2, 0) is 0 Å². The lowest BCUT2D eigenvalue weighted by molar-refractivity contribution is 0.103. The van der Waals surface area contributed by atoms with Crippen molar-refractivity contribution < 1.29 is 4.79 Å². The largest absolute Gasteiger partial charge is 0.398 e. The molecule has 0 amide bonds. The quantitative estimate of drug-likeness (QED) is 0.652. The van der Waals surface area contributed by atoms with Gasteiger partial charge in [-0.3, -0.25) is 4.79 Å². The molecule has 4 N–H and O–H groups in total. The van der Waals surface area contributed by atoms with Gasteiger partial charge in [-0.1, -0.05) is 24.3 Å². The second-order valence-electron chi connectivity index (χ2n) is 3.90. The third kappa shape index (κ3) is 0.997. The number of carbonyl (C=O) groups is 1. The number of nitrogens with two attached hydrogens (primary N) is 2. The van der Waals surface area contributed by atoms with Crippen molar-refractivity contribution in [3.63, 3.8) is 0 Å². The van der Waals surface area contributed by atoms with Gasteiger partial charge in [0.05, 0.1) is 5.70 Å². The summed E-state index contributed by atoms with van der Waals surface area (Å²) in [5.41, 5.74) is 14.1. The van der Waals surface area contributed by atoms with Crippen LogP contribution < -0.4 is 11.5 Å². The van der Waals surface area contributed by atoms with Crippen molar-refractivity contribution in [3.8, 4) is 0 Å². The number of hydrogen-bond donors (Lipinski definition) is 2. The Morgan fingerprint density at radius 3 is 2.62 bits per heavy atom. The number of anilines is 1. The Morgan fingerprint density at radius 1 is 1.00 bits per heavy atom. The Hall–Kier alpha value is -2.29. The number of allylic oxidation sites excluding steroid dienone is 1. The third-order valence-electron chi connectivity index (χ3n) is 2.92. The van der Waals surface area contributed by atoms with Crippen molar-refractivity contribution in [1.82, 2.24) is 0 Å². The second kappa shape index (κ2) is 2.85. The average Bonchev–Trinajstić information content (AvgIpc) is 2.30. The molecule has 2 aromatic carbocycles. The van der Waals surface area contributed by atoms with Gasteiger partial charge in [-0.2, -0.15) is 0 Å². The van der Waals surface area contributed by atoms with Crippen LogP contribution in [0.15, 0.2) is 36.0 Å². The van der Waals surface area contributed by atoms with E-state index in [-0.39, 0.29) is 11.5 Å². The maximum Gasteiger partial charge on any atom is 0.209 e. The fourth-order valence-corrected chi connectivity index (χ4v) is 2.15. The van der Waals surface area contributed by atoms with Gasteiger partial charge in [0.1, 0.15) is 0 Å². The Bertz CT molecular complexity index is 656. The number of benzene rings is 2. The summed E-state index contributed by atoms with van der Waals surface area (Å²) in [5, 5.41) is 1.81. The molecule has 0 radical (unpaired) electrons. The second-order valence-corrected chi connectivity index (χ2v) is 3.90. The Morgan fingerprint density at radius 2 is 1.81 bits per heavy atom. The van der Waals surface area contributed by atoms with Gasteiger partial charge < -0.3 is 11.5 Å². The summed E-state index contributed by atoms with van der Waals surface area (Å²) in [6, 6.07) is 9.25. The molecule has 0 bridgehead atoms. The summed E-state index contributed by atoms with van der Waals surface area (Å²) in [5.74, 6) is -0.122. The molecular formula is C13H10N2O. The van der Waals surface area contributed by atoms with Crippen molar-refractivity contribution in [2.75, 3.05) is 5.73 Å². The van der Waals surface area contributed by atoms with Gasteiger partial charge in [0.15, 0.2) is 0 Å². The standard InChI is InChI=1S/C13H10N2O/c14-10-5-4-7-6-11(15)13(16)9-3-1-2-8(10)12(7)9/h1-6H,14-15H2. The molecule has 0 spiro atoms. The summed E-state index contributed by atoms with van der Waals surface area (Å²) in [6.45, 7) is 0. The predicted molar refractivity (Wildman–Crippen MR) is 64.9 cm³/mol. The maximum atomic E-state index is 11.9. The molecule has 0 saturated carbocycles. The lowest BCUT2D eigenvalue weighted by Gasteiger charge is -2.15. The van der Waals surface area contributed by atoms with Crippen LogP contribution in [-0.4, -0.2) is 5.78 Å². The number of hydrogen-bond acceptors (Lipinski definition) is 3. The normalized spacial score (nSPS) is 14.0. The molecule has 0 saturated heterocycles. The van der Waals surface area contributed by atoms with Gasteiger partial charge in [0, 0.05) is 22.0 Å². The van der Waals surface area contributed by atoms with E-state index in [2.05, 4.69) is 0 Å². The van der Waals surface area contributed by atoms with E-state index < -0.39 is 0 Å². The van der Waals surface area contributed by atoms with Crippen molar-refractivity contribution in [3.05, 3.63) is 47.2 Å². The number of rotatable bonds is 0. The lowest BCUT2D eigenvalue weighted by atomic mass is 9.90. The molecule has 3 heteroatoms. The lowest BCUT2D eigenvalue weighted by Crippen LogP contribution is -2.15. The van der Waals surface area contributed by atoms with Gasteiger partial charge in [0.25, 0.3) is 0 Å². The Balaban J connectivity index is 2.56. The number of Topliss-reactive ketones (excluding diaryl/α,β-unsaturated/α-hetero) is 1. The van der Waals surface area contributed by atoms with E-state index in [0.717, 1.165) is 16.3 Å². The molecule has 0 aliphatic heterocycles. The highest BCUT2D eigenvalue weighted by molar-refractivity contribution is 6.23. The van der Waals surface area contributed by atoms with Crippen molar-refractivity contribution in [2.45, 2.75) is 0 Å². The van der Waals surface area contributed by atoms with Gasteiger partial charge in [-0.25, -0.2) is 0 Å². The minimum atomic E-state index is -0.122. The summed E-state index contributed by atoms with van der Waals surface area (Å²) < 4.78 is 0. The molecule has 0 aromatic heterocycles. The number of nitrogen functional groups attached to an aromatic ring is 1. The summed E-state index contributed by atoms with van der Waals surface area (Å²) in [4.78, 5) is 11.9. The molecule has 2 aromatic rings. The molecule has 0 unspecified atom stereocenters.